The molecule has 2 fully saturated rings. The van der Waals surface area contributed by atoms with E-state index in [1.54, 1.807) is 31.2 Å². The molecule has 11 nitrogen and oxygen atoms in total. The minimum absolute atomic E-state index is 0.00794. The summed E-state index contributed by atoms with van der Waals surface area (Å²) in [5.41, 5.74) is 1.61. The predicted molar refractivity (Wildman–Crippen MR) is 153 cm³/mol. The van der Waals surface area contributed by atoms with E-state index in [0.29, 0.717) is 35.5 Å². The van der Waals surface area contributed by atoms with Crippen LogP contribution in [0.15, 0.2) is 42.5 Å². The Balaban J connectivity index is 1.59. The number of imide groups is 1. The Hall–Kier alpha value is -4.12. The zero-order valence-corrected chi connectivity index (χ0v) is 23.9. The summed E-state index contributed by atoms with van der Waals surface area (Å²) >= 11 is 0. The molecule has 1 aliphatic carbocycles. The van der Waals surface area contributed by atoms with Crippen LogP contribution < -0.4 is 15.4 Å². The van der Waals surface area contributed by atoms with Crippen LogP contribution in [-0.2, 0) is 20.9 Å². The van der Waals surface area contributed by atoms with Gasteiger partial charge in [-0.1, -0.05) is 43.5 Å². The number of benzene rings is 2. The molecular formula is C30H38N4O7. The molecule has 2 aromatic carbocycles. The number of carbonyl (C=O) groups excluding carboxylic acids is 3. The Morgan fingerprint density at radius 2 is 1.71 bits per heavy atom. The monoisotopic (exact) mass is 566 g/mol. The lowest BCUT2D eigenvalue weighted by Crippen LogP contribution is -2.51. The summed E-state index contributed by atoms with van der Waals surface area (Å²) in [7, 11) is 2.94. The number of para-hydroxylation sites is 1. The number of urea groups is 2. The van der Waals surface area contributed by atoms with Gasteiger partial charge in [-0.05, 0) is 56.0 Å². The number of hydrogen-bond donors (Lipinski definition) is 3. The number of nitrogens with zero attached hydrogens (tertiary/aromatic N) is 2. The van der Waals surface area contributed by atoms with Gasteiger partial charge in [0, 0.05) is 25.8 Å². The Kier molecular flexibility index (Phi) is 9.17. The Labute approximate surface area is 239 Å². The quantitative estimate of drug-likeness (QED) is 0.345. The second-order valence-electron chi connectivity index (χ2n) is 10.7. The lowest BCUT2D eigenvalue weighted by molar-refractivity contribution is -0.150. The molecule has 2 atom stereocenters. The van der Waals surface area contributed by atoms with E-state index in [4.69, 9.17) is 9.47 Å². The lowest BCUT2D eigenvalue weighted by atomic mass is 9.80. The van der Waals surface area contributed by atoms with Crippen LogP contribution >= 0.6 is 0 Å². The smallest absolute Gasteiger partial charge is 0.328 e. The fraction of sp³-hybridized carbons (Fsp3) is 0.467. The van der Waals surface area contributed by atoms with E-state index in [0.717, 1.165) is 29.7 Å². The molecule has 2 aromatic rings. The van der Waals surface area contributed by atoms with Crippen molar-refractivity contribution in [2.45, 2.75) is 76.6 Å². The van der Waals surface area contributed by atoms with Crippen LogP contribution in [-0.4, -0.2) is 70.7 Å². The average molecular weight is 567 g/mol. The predicted octanol–water partition coefficient (Wildman–Crippen LogP) is 4.99. The summed E-state index contributed by atoms with van der Waals surface area (Å²) in [5.74, 6) is -1.33. The number of carboxylic acid groups (broad SMARTS) is 1. The zero-order chi connectivity index (χ0) is 29.7. The van der Waals surface area contributed by atoms with Crippen molar-refractivity contribution < 1.29 is 33.8 Å². The summed E-state index contributed by atoms with van der Waals surface area (Å²) in [6.45, 7) is 3.68. The van der Waals surface area contributed by atoms with E-state index in [1.807, 2.05) is 25.1 Å². The Morgan fingerprint density at radius 1 is 1.02 bits per heavy atom. The largest absolute Gasteiger partial charge is 0.495 e. The maximum atomic E-state index is 13.9. The minimum Gasteiger partial charge on any atom is -0.495 e. The van der Waals surface area contributed by atoms with Crippen molar-refractivity contribution in [1.29, 1.82) is 0 Å². The molecule has 1 saturated heterocycles. The average Bonchev–Trinajstić information content (AvgIpc) is 3.14. The van der Waals surface area contributed by atoms with Crippen molar-refractivity contribution in [1.82, 2.24) is 9.80 Å². The third-order valence-electron chi connectivity index (χ3n) is 8.05. The standard InChI is InChI=1S/C30H38N4O7/c1-19-10-6-7-11-22(19)31-28(38)32-23-13-12-21(17-25(23)41-4)18-33-29(39)34(24(26(35)36)16-20(2)40-3)27(37)30(33)14-8-5-9-15-30/h6-7,10-13,17,20,24H,5,8-9,14-16,18H2,1-4H3,(H,35,36)(H2,31,32,38)/t20-,24-/m0/s1. The third-order valence-corrected chi connectivity index (χ3v) is 8.05. The molecule has 3 N–H and O–H groups in total. The normalized spacial score (nSPS) is 17.9. The Bertz CT molecular complexity index is 1310. The number of nitrogens with one attached hydrogen (secondary N) is 2. The maximum Gasteiger partial charge on any atom is 0.328 e. The summed E-state index contributed by atoms with van der Waals surface area (Å²) in [6, 6.07) is 10.2. The summed E-state index contributed by atoms with van der Waals surface area (Å²) in [4.78, 5) is 55.0. The van der Waals surface area contributed by atoms with E-state index in [2.05, 4.69) is 10.6 Å². The molecule has 220 valence electrons. The number of amides is 5. The zero-order valence-electron chi connectivity index (χ0n) is 23.9. The SMILES string of the molecule is COc1cc(CN2C(=O)N([C@@H](C[C@H](C)OC)C(=O)O)C(=O)C23CCCCC3)ccc1NC(=O)Nc1ccccc1C. The highest BCUT2D eigenvalue weighted by Gasteiger charge is 2.59. The van der Waals surface area contributed by atoms with Gasteiger partial charge in [-0.3, -0.25) is 4.79 Å². The first-order valence-electron chi connectivity index (χ1n) is 13.8. The molecule has 1 spiro atoms. The van der Waals surface area contributed by atoms with E-state index in [-0.39, 0.29) is 13.0 Å². The number of hydrogen-bond acceptors (Lipinski definition) is 6. The number of aliphatic carboxylic acids is 1. The van der Waals surface area contributed by atoms with Crippen LogP contribution in [0.3, 0.4) is 0 Å². The van der Waals surface area contributed by atoms with Crippen molar-refractivity contribution in [3.63, 3.8) is 0 Å². The summed E-state index contributed by atoms with van der Waals surface area (Å²) in [5, 5.41) is 15.6. The van der Waals surface area contributed by atoms with Crippen LogP contribution in [0.2, 0.25) is 0 Å². The molecule has 0 unspecified atom stereocenters. The third kappa shape index (κ3) is 6.14. The first-order valence-corrected chi connectivity index (χ1v) is 13.8. The fourth-order valence-corrected chi connectivity index (χ4v) is 5.69. The van der Waals surface area contributed by atoms with Crippen LogP contribution in [0, 0.1) is 6.92 Å². The van der Waals surface area contributed by atoms with Gasteiger partial charge in [-0.25, -0.2) is 19.3 Å². The molecule has 2 aliphatic rings. The second-order valence-corrected chi connectivity index (χ2v) is 10.7. The molecule has 4 rings (SSSR count). The Morgan fingerprint density at radius 3 is 2.34 bits per heavy atom. The number of rotatable bonds is 10. The molecule has 0 aromatic heterocycles. The van der Waals surface area contributed by atoms with E-state index in [9.17, 15) is 24.3 Å². The van der Waals surface area contributed by atoms with E-state index >= 15 is 0 Å². The number of anilines is 2. The molecule has 11 heteroatoms. The van der Waals surface area contributed by atoms with Crippen molar-refractivity contribution in [3.8, 4) is 5.75 Å². The molecule has 41 heavy (non-hydrogen) atoms. The topological polar surface area (TPSA) is 138 Å². The molecule has 0 radical (unpaired) electrons. The number of carbonyl (C=O) groups is 4. The number of ether oxygens (including phenoxy) is 2. The van der Waals surface area contributed by atoms with Crippen molar-refractivity contribution in [3.05, 3.63) is 53.6 Å². The molecular weight excluding hydrogens is 528 g/mol. The minimum atomic E-state index is -1.33. The molecule has 1 heterocycles. The highest BCUT2D eigenvalue weighted by molar-refractivity contribution is 6.09. The van der Waals surface area contributed by atoms with Gasteiger partial charge in [0.25, 0.3) is 5.91 Å². The van der Waals surface area contributed by atoms with Crippen molar-refractivity contribution in [2.75, 3.05) is 24.9 Å². The summed E-state index contributed by atoms with van der Waals surface area (Å²) in [6.07, 6.45) is 2.94. The number of methoxy groups -OCH3 is 2. The summed E-state index contributed by atoms with van der Waals surface area (Å²) < 4.78 is 10.8. The molecule has 1 saturated carbocycles. The van der Waals surface area contributed by atoms with Gasteiger partial charge >= 0.3 is 18.0 Å². The molecule has 5 amide bonds. The van der Waals surface area contributed by atoms with Crippen LogP contribution in [0.5, 0.6) is 5.75 Å². The number of carboxylic acids is 1. The van der Waals surface area contributed by atoms with Gasteiger partial charge in [0.2, 0.25) is 0 Å². The van der Waals surface area contributed by atoms with Crippen LogP contribution in [0.25, 0.3) is 0 Å². The van der Waals surface area contributed by atoms with E-state index < -0.39 is 41.6 Å². The van der Waals surface area contributed by atoms with Gasteiger partial charge in [0.15, 0.2) is 0 Å². The van der Waals surface area contributed by atoms with Crippen LogP contribution in [0.1, 0.15) is 56.6 Å². The molecule has 1 aliphatic heterocycles. The first kappa shape index (κ1) is 29.9. The molecule has 0 bridgehead atoms. The van der Waals surface area contributed by atoms with Crippen LogP contribution in [0.4, 0.5) is 21.0 Å². The first-order chi connectivity index (χ1) is 19.6. The van der Waals surface area contributed by atoms with Gasteiger partial charge in [0.05, 0.1) is 18.9 Å². The van der Waals surface area contributed by atoms with E-state index in [1.165, 1.54) is 19.1 Å². The van der Waals surface area contributed by atoms with Crippen molar-refractivity contribution >= 4 is 35.3 Å². The van der Waals surface area contributed by atoms with Crippen molar-refractivity contribution in [2.24, 2.45) is 0 Å². The lowest BCUT2D eigenvalue weighted by Gasteiger charge is -2.38. The highest BCUT2D eigenvalue weighted by atomic mass is 16.5. The highest BCUT2D eigenvalue weighted by Crippen LogP contribution is 2.43. The van der Waals surface area contributed by atoms with Gasteiger partial charge in [-0.2, -0.15) is 0 Å². The van der Waals surface area contributed by atoms with Gasteiger partial charge in [-0.15, -0.1) is 0 Å². The number of aryl methyl sites for hydroxylation is 1. The van der Waals surface area contributed by atoms with Gasteiger partial charge in [0.1, 0.15) is 17.3 Å². The maximum absolute atomic E-state index is 13.9. The second kappa shape index (κ2) is 12.6. The fourth-order valence-electron chi connectivity index (χ4n) is 5.69. The van der Waals surface area contributed by atoms with Gasteiger partial charge < -0.3 is 30.1 Å².